The zero-order chi connectivity index (χ0) is 13.2. The number of carbonyl (C=O) groups is 1. The summed E-state index contributed by atoms with van der Waals surface area (Å²) in [7, 11) is 0. The summed E-state index contributed by atoms with van der Waals surface area (Å²) in [4.78, 5) is 14.6. The molecule has 0 radical (unpaired) electrons. The van der Waals surface area contributed by atoms with E-state index in [0.29, 0.717) is 19.2 Å². The number of hydrogen-bond acceptors (Lipinski definition) is 3. The second kappa shape index (κ2) is 5.21. The van der Waals surface area contributed by atoms with Crippen molar-refractivity contribution >= 4 is 11.6 Å². The molecule has 102 valence electrons. The third-order valence-corrected chi connectivity index (χ3v) is 3.88. The molecule has 1 amide bonds. The Kier molecular flexibility index (Phi) is 3.42. The largest absolute Gasteiger partial charge is 0.399 e. The fourth-order valence-corrected chi connectivity index (χ4v) is 2.56. The summed E-state index contributed by atoms with van der Waals surface area (Å²) in [6, 6.07) is 8.23. The zero-order valence-corrected chi connectivity index (χ0v) is 11.0. The molecule has 2 fully saturated rings. The molecule has 0 aromatic heterocycles. The van der Waals surface area contributed by atoms with Gasteiger partial charge in [-0.25, -0.2) is 0 Å². The van der Waals surface area contributed by atoms with Crippen LogP contribution in [0.15, 0.2) is 24.3 Å². The van der Waals surface area contributed by atoms with E-state index in [1.807, 2.05) is 29.2 Å². The van der Waals surface area contributed by atoms with Gasteiger partial charge in [-0.05, 0) is 37.0 Å². The molecule has 1 unspecified atom stereocenters. The third kappa shape index (κ3) is 2.89. The van der Waals surface area contributed by atoms with E-state index in [0.717, 1.165) is 37.1 Å². The van der Waals surface area contributed by atoms with Crippen LogP contribution >= 0.6 is 0 Å². The minimum absolute atomic E-state index is 0.0642. The number of ether oxygens (including phenoxy) is 1. The fourth-order valence-electron chi connectivity index (χ4n) is 2.56. The summed E-state index contributed by atoms with van der Waals surface area (Å²) < 4.78 is 5.33. The Hall–Kier alpha value is -1.55. The van der Waals surface area contributed by atoms with E-state index in [-0.39, 0.29) is 11.8 Å². The molecule has 1 heterocycles. The van der Waals surface area contributed by atoms with E-state index >= 15 is 0 Å². The molecule has 1 aromatic rings. The van der Waals surface area contributed by atoms with Gasteiger partial charge in [0.25, 0.3) is 0 Å². The molecular weight excluding hydrogens is 240 g/mol. The van der Waals surface area contributed by atoms with E-state index in [1.54, 1.807) is 0 Å². The predicted octanol–water partition coefficient (Wildman–Crippen LogP) is 1.80. The molecule has 3 rings (SSSR count). The van der Waals surface area contributed by atoms with Gasteiger partial charge in [0.1, 0.15) is 0 Å². The van der Waals surface area contributed by atoms with Crippen LogP contribution < -0.4 is 5.73 Å². The van der Waals surface area contributed by atoms with Crippen LogP contribution in [-0.4, -0.2) is 30.1 Å². The van der Waals surface area contributed by atoms with Gasteiger partial charge in [-0.15, -0.1) is 0 Å². The van der Waals surface area contributed by atoms with Crippen LogP contribution in [0.1, 0.15) is 24.8 Å². The van der Waals surface area contributed by atoms with E-state index in [4.69, 9.17) is 10.5 Å². The van der Waals surface area contributed by atoms with Crippen LogP contribution in [0.3, 0.4) is 0 Å². The lowest BCUT2D eigenvalue weighted by molar-refractivity contribution is -0.136. The Labute approximate surface area is 113 Å². The third-order valence-electron chi connectivity index (χ3n) is 3.88. The number of anilines is 1. The van der Waals surface area contributed by atoms with Gasteiger partial charge in [0.2, 0.25) is 5.91 Å². The van der Waals surface area contributed by atoms with Gasteiger partial charge in [-0.3, -0.25) is 4.79 Å². The topological polar surface area (TPSA) is 55.6 Å². The molecule has 2 aliphatic rings. The quantitative estimate of drug-likeness (QED) is 0.840. The van der Waals surface area contributed by atoms with Crippen LogP contribution in [0.2, 0.25) is 0 Å². The Balaban J connectivity index is 1.70. The van der Waals surface area contributed by atoms with Crippen molar-refractivity contribution in [3.8, 4) is 0 Å². The zero-order valence-electron chi connectivity index (χ0n) is 11.0. The first-order chi connectivity index (χ1) is 9.24. The van der Waals surface area contributed by atoms with Crippen LogP contribution in [-0.2, 0) is 16.1 Å². The Morgan fingerprint density at radius 1 is 1.26 bits per heavy atom. The normalized spacial score (nSPS) is 22.4. The fraction of sp³-hybridized carbons (Fsp3) is 0.533. The number of rotatable bonds is 4. The molecule has 4 nitrogen and oxygen atoms in total. The van der Waals surface area contributed by atoms with Crippen LogP contribution in [0, 0.1) is 5.92 Å². The molecule has 1 aromatic carbocycles. The summed E-state index contributed by atoms with van der Waals surface area (Å²) >= 11 is 0. The molecule has 1 aliphatic carbocycles. The average molecular weight is 260 g/mol. The van der Waals surface area contributed by atoms with Crippen molar-refractivity contribution in [1.29, 1.82) is 0 Å². The molecule has 1 atom stereocenters. The molecule has 4 heteroatoms. The van der Waals surface area contributed by atoms with E-state index < -0.39 is 0 Å². The maximum Gasteiger partial charge on any atom is 0.228 e. The summed E-state index contributed by atoms with van der Waals surface area (Å²) in [5.74, 6) is 0.325. The van der Waals surface area contributed by atoms with Crippen molar-refractivity contribution in [2.24, 2.45) is 5.92 Å². The molecule has 1 aliphatic heterocycles. The van der Waals surface area contributed by atoms with Crippen molar-refractivity contribution in [2.45, 2.75) is 31.8 Å². The molecule has 2 N–H and O–H groups in total. The molecule has 0 bridgehead atoms. The highest BCUT2D eigenvalue weighted by atomic mass is 16.5. The van der Waals surface area contributed by atoms with Gasteiger partial charge in [0.05, 0.1) is 12.5 Å². The van der Waals surface area contributed by atoms with Crippen LogP contribution in [0.4, 0.5) is 5.69 Å². The minimum atomic E-state index is 0.0642. The van der Waals surface area contributed by atoms with Gasteiger partial charge in [0.15, 0.2) is 0 Å². The number of amides is 1. The maximum absolute atomic E-state index is 12.5. The predicted molar refractivity (Wildman–Crippen MR) is 73.4 cm³/mol. The summed E-state index contributed by atoms with van der Waals surface area (Å²) in [6.45, 7) is 2.00. The lowest BCUT2D eigenvalue weighted by Crippen LogP contribution is -2.37. The molecule has 19 heavy (non-hydrogen) atoms. The SMILES string of the molecule is Nc1ccc(CN(C(=O)C2CCOC2)C2CC2)cc1. The van der Waals surface area contributed by atoms with Gasteiger partial charge < -0.3 is 15.4 Å². The first kappa shape index (κ1) is 12.5. The highest BCUT2D eigenvalue weighted by Crippen LogP contribution is 2.31. The number of nitrogens with two attached hydrogens (primary N) is 1. The van der Waals surface area contributed by atoms with Crippen molar-refractivity contribution in [3.63, 3.8) is 0 Å². The number of hydrogen-bond donors (Lipinski definition) is 1. The average Bonchev–Trinajstić information content (AvgIpc) is 3.11. The van der Waals surface area contributed by atoms with Gasteiger partial charge in [-0.1, -0.05) is 12.1 Å². The minimum Gasteiger partial charge on any atom is -0.399 e. The van der Waals surface area contributed by atoms with Crippen molar-refractivity contribution < 1.29 is 9.53 Å². The second-order valence-electron chi connectivity index (χ2n) is 5.50. The summed E-state index contributed by atoms with van der Waals surface area (Å²) in [5, 5.41) is 0. The van der Waals surface area contributed by atoms with E-state index in [9.17, 15) is 4.79 Å². The van der Waals surface area contributed by atoms with Crippen LogP contribution in [0.5, 0.6) is 0 Å². The standard InChI is InChI=1S/C15H20N2O2/c16-13-3-1-11(2-4-13)9-17(14-5-6-14)15(18)12-7-8-19-10-12/h1-4,12,14H,5-10,16H2. The lowest BCUT2D eigenvalue weighted by Gasteiger charge is -2.25. The van der Waals surface area contributed by atoms with Crippen molar-refractivity contribution in [2.75, 3.05) is 18.9 Å². The maximum atomic E-state index is 12.5. The molecule has 0 spiro atoms. The first-order valence-electron chi connectivity index (χ1n) is 6.96. The van der Waals surface area contributed by atoms with Crippen molar-refractivity contribution in [1.82, 2.24) is 4.90 Å². The van der Waals surface area contributed by atoms with Crippen molar-refractivity contribution in [3.05, 3.63) is 29.8 Å². The Morgan fingerprint density at radius 3 is 2.58 bits per heavy atom. The Morgan fingerprint density at radius 2 is 2.00 bits per heavy atom. The first-order valence-corrected chi connectivity index (χ1v) is 6.96. The number of nitrogens with zero attached hydrogens (tertiary/aromatic N) is 1. The summed E-state index contributed by atoms with van der Waals surface area (Å²) in [5.41, 5.74) is 7.60. The van der Waals surface area contributed by atoms with Gasteiger partial charge >= 0.3 is 0 Å². The van der Waals surface area contributed by atoms with E-state index in [2.05, 4.69) is 0 Å². The second-order valence-corrected chi connectivity index (χ2v) is 5.50. The highest BCUT2D eigenvalue weighted by molar-refractivity contribution is 5.80. The van der Waals surface area contributed by atoms with E-state index in [1.165, 1.54) is 0 Å². The number of carbonyl (C=O) groups excluding carboxylic acids is 1. The van der Waals surface area contributed by atoms with Gasteiger partial charge in [0, 0.05) is 24.9 Å². The molecular formula is C15H20N2O2. The van der Waals surface area contributed by atoms with Gasteiger partial charge in [-0.2, -0.15) is 0 Å². The number of nitrogen functional groups attached to an aromatic ring is 1. The highest BCUT2D eigenvalue weighted by Gasteiger charge is 2.36. The monoisotopic (exact) mass is 260 g/mol. The summed E-state index contributed by atoms with van der Waals surface area (Å²) in [6.07, 6.45) is 3.13. The number of benzene rings is 1. The molecule has 1 saturated carbocycles. The molecule has 1 saturated heterocycles. The van der Waals surface area contributed by atoms with Crippen LogP contribution in [0.25, 0.3) is 0 Å². The Bertz CT molecular complexity index is 448. The lowest BCUT2D eigenvalue weighted by atomic mass is 10.1. The smallest absolute Gasteiger partial charge is 0.228 e.